The average Bonchev–Trinajstić information content (AvgIpc) is 3.10. The summed E-state index contributed by atoms with van der Waals surface area (Å²) >= 11 is 1.58. The van der Waals surface area contributed by atoms with E-state index in [1.54, 1.807) is 28.8 Å². The number of aliphatic carboxylic acids is 1. The zero-order valence-corrected chi connectivity index (χ0v) is 15.0. The van der Waals surface area contributed by atoms with Gasteiger partial charge < -0.3 is 15.3 Å². The first-order chi connectivity index (χ1) is 12.1. The van der Waals surface area contributed by atoms with E-state index in [1.165, 1.54) is 0 Å². The van der Waals surface area contributed by atoms with Crippen molar-refractivity contribution in [3.8, 4) is 0 Å². The molecule has 0 spiro atoms. The number of nitrogens with one attached hydrogen (secondary N) is 1. The summed E-state index contributed by atoms with van der Waals surface area (Å²) in [6, 6.07) is 8.58. The molecule has 1 aromatic carbocycles. The number of rotatable bonds is 9. The highest BCUT2D eigenvalue weighted by atomic mass is 32.2. The van der Waals surface area contributed by atoms with E-state index in [9.17, 15) is 14.4 Å². The van der Waals surface area contributed by atoms with Crippen LogP contribution < -0.4 is 5.32 Å². The van der Waals surface area contributed by atoms with Crippen LogP contribution in [0.5, 0.6) is 0 Å². The molecule has 7 heteroatoms. The summed E-state index contributed by atoms with van der Waals surface area (Å²) in [6.45, 7) is 0.556. The van der Waals surface area contributed by atoms with Crippen LogP contribution in [0, 0.1) is 0 Å². The third kappa shape index (κ3) is 6.08. The van der Waals surface area contributed by atoms with Crippen LogP contribution in [-0.2, 0) is 9.59 Å². The van der Waals surface area contributed by atoms with Gasteiger partial charge in [0.2, 0.25) is 5.91 Å². The number of carboxylic acid groups (broad SMARTS) is 1. The molecule has 0 radical (unpaired) electrons. The lowest BCUT2D eigenvalue weighted by atomic mass is 10.1. The molecular formula is C18H24N2O4S. The molecule has 2 rings (SSSR count). The fourth-order valence-corrected chi connectivity index (χ4v) is 3.84. The molecule has 1 atom stereocenters. The van der Waals surface area contributed by atoms with E-state index in [4.69, 9.17) is 5.11 Å². The van der Waals surface area contributed by atoms with Crippen molar-refractivity contribution < 1.29 is 19.5 Å². The fourth-order valence-electron chi connectivity index (χ4n) is 2.69. The number of nitrogens with zero attached hydrogens (tertiary/aromatic N) is 1. The molecule has 2 amide bonds. The van der Waals surface area contributed by atoms with E-state index in [0.29, 0.717) is 30.2 Å². The highest BCUT2D eigenvalue weighted by Gasteiger charge is 2.34. The van der Waals surface area contributed by atoms with Crippen molar-refractivity contribution in [3.63, 3.8) is 0 Å². The molecule has 0 bridgehead atoms. The lowest BCUT2D eigenvalue weighted by Gasteiger charge is -2.23. The predicted octanol–water partition coefficient (Wildman–Crippen LogP) is 2.35. The molecule has 1 unspecified atom stereocenters. The Morgan fingerprint density at radius 1 is 1.12 bits per heavy atom. The van der Waals surface area contributed by atoms with Gasteiger partial charge in [-0.3, -0.25) is 14.4 Å². The normalized spacial score (nSPS) is 16.6. The van der Waals surface area contributed by atoms with Crippen molar-refractivity contribution >= 4 is 29.5 Å². The minimum Gasteiger partial charge on any atom is -0.481 e. The van der Waals surface area contributed by atoms with Crippen molar-refractivity contribution in [1.82, 2.24) is 10.2 Å². The maximum atomic E-state index is 12.5. The zero-order chi connectivity index (χ0) is 18.1. The van der Waals surface area contributed by atoms with E-state index in [0.717, 1.165) is 19.3 Å². The SMILES string of the molecule is O=C(O)CCCCCCNC(=O)C1CSCN1C(=O)c1ccccc1. The Kier molecular flexibility index (Phi) is 7.78. The van der Waals surface area contributed by atoms with Crippen molar-refractivity contribution in [3.05, 3.63) is 35.9 Å². The first-order valence-corrected chi connectivity index (χ1v) is 9.68. The summed E-state index contributed by atoms with van der Waals surface area (Å²) in [5.41, 5.74) is 0.598. The minimum absolute atomic E-state index is 0.111. The summed E-state index contributed by atoms with van der Waals surface area (Å²) in [7, 11) is 0. The Bertz CT molecular complexity index is 594. The van der Waals surface area contributed by atoms with E-state index in [2.05, 4.69) is 5.32 Å². The summed E-state index contributed by atoms with van der Waals surface area (Å²) in [5, 5.41) is 11.5. The number of hydrogen-bond donors (Lipinski definition) is 2. The minimum atomic E-state index is -0.768. The molecule has 1 aromatic rings. The molecule has 1 heterocycles. The van der Waals surface area contributed by atoms with Gasteiger partial charge in [-0.2, -0.15) is 0 Å². The predicted molar refractivity (Wildman–Crippen MR) is 97.5 cm³/mol. The van der Waals surface area contributed by atoms with Gasteiger partial charge in [0.1, 0.15) is 6.04 Å². The molecule has 1 saturated heterocycles. The maximum absolute atomic E-state index is 12.5. The van der Waals surface area contributed by atoms with Crippen LogP contribution in [0.2, 0.25) is 0 Å². The number of benzene rings is 1. The average molecular weight is 364 g/mol. The van der Waals surface area contributed by atoms with Crippen LogP contribution in [-0.4, -0.2) is 52.0 Å². The van der Waals surface area contributed by atoms with Gasteiger partial charge in [-0.15, -0.1) is 11.8 Å². The Balaban J connectivity index is 1.73. The monoisotopic (exact) mass is 364 g/mol. The van der Waals surface area contributed by atoms with Gasteiger partial charge in [0.05, 0.1) is 5.88 Å². The highest BCUT2D eigenvalue weighted by molar-refractivity contribution is 7.99. The van der Waals surface area contributed by atoms with Crippen LogP contribution in [0.3, 0.4) is 0 Å². The Labute approximate surface area is 152 Å². The number of carbonyl (C=O) groups excluding carboxylic acids is 2. The highest BCUT2D eigenvalue weighted by Crippen LogP contribution is 2.23. The van der Waals surface area contributed by atoms with Crippen molar-refractivity contribution in [2.45, 2.75) is 38.1 Å². The van der Waals surface area contributed by atoms with Crippen LogP contribution in [0.1, 0.15) is 42.5 Å². The summed E-state index contributed by atoms with van der Waals surface area (Å²) < 4.78 is 0. The molecule has 1 fully saturated rings. The van der Waals surface area contributed by atoms with Gasteiger partial charge in [0, 0.05) is 24.3 Å². The third-order valence-electron chi connectivity index (χ3n) is 4.08. The van der Waals surface area contributed by atoms with Crippen LogP contribution in [0.15, 0.2) is 30.3 Å². The fraction of sp³-hybridized carbons (Fsp3) is 0.500. The van der Waals surface area contributed by atoms with E-state index in [1.807, 2.05) is 18.2 Å². The van der Waals surface area contributed by atoms with Gasteiger partial charge in [-0.25, -0.2) is 0 Å². The standard InChI is InChI=1S/C18H24N2O4S/c21-16(22)10-6-1-2-7-11-19-17(23)15-12-25-13-20(15)18(24)14-8-4-3-5-9-14/h3-5,8-9,15H,1-2,6-7,10-13H2,(H,19,23)(H,21,22). The van der Waals surface area contributed by atoms with Crippen LogP contribution in [0.25, 0.3) is 0 Å². The van der Waals surface area contributed by atoms with Crippen molar-refractivity contribution in [1.29, 1.82) is 0 Å². The van der Waals surface area contributed by atoms with Gasteiger partial charge in [0.15, 0.2) is 0 Å². The van der Waals surface area contributed by atoms with E-state index >= 15 is 0 Å². The first kappa shape index (κ1) is 19.3. The van der Waals surface area contributed by atoms with E-state index < -0.39 is 12.0 Å². The molecule has 25 heavy (non-hydrogen) atoms. The second-order valence-electron chi connectivity index (χ2n) is 6.01. The number of carboxylic acids is 1. The molecule has 136 valence electrons. The Hall–Kier alpha value is -2.02. The quantitative estimate of drug-likeness (QED) is 0.657. The van der Waals surface area contributed by atoms with E-state index in [-0.39, 0.29) is 18.2 Å². The number of thioether (sulfide) groups is 1. The van der Waals surface area contributed by atoms with Crippen LogP contribution in [0.4, 0.5) is 0 Å². The number of carbonyl (C=O) groups is 3. The third-order valence-corrected chi connectivity index (χ3v) is 5.10. The molecule has 0 saturated carbocycles. The smallest absolute Gasteiger partial charge is 0.303 e. The summed E-state index contributed by atoms with van der Waals surface area (Å²) in [6.07, 6.45) is 3.42. The molecule has 6 nitrogen and oxygen atoms in total. The molecule has 1 aliphatic rings. The molecule has 1 aliphatic heterocycles. The Morgan fingerprint density at radius 2 is 1.84 bits per heavy atom. The lowest BCUT2D eigenvalue weighted by Crippen LogP contribution is -2.47. The zero-order valence-electron chi connectivity index (χ0n) is 14.1. The summed E-state index contributed by atoms with van der Waals surface area (Å²) in [5.74, 6) is 0.152. The topological polar surface area (TPSA) is 86.7 Å². The number of unbranched alkanes of at least 4 members (excludes halogenated alkanes) is 3. The van der Waals surface area contributed by atoms with Gasteiger partial charge in [-0.05, 0) is 25.0 Å². The molecular weight excluding hydrogens is 340 g/mol. The van der Waals surface area contributed by atoms with Crippen molar-refractivity contribution in [2.24, 2.45) is 0 Å². The number of hydrogen-bond acceptors (Lipinski definition) is 4. The lowest BCUT2D eigenvalue weighted by molar-refractivity contribution is -0.137. The molecule has 0 aromatic heterocycles. The van der Waals surface area contributed by atoms with Gasteiger partial charge in [-0.1, -0.05) is 31.0 Å². The van der Waals surface area contributed by atoms with Crippen LogP contribution >= 0.6 is 11.8 Å². The molecule has 2 N–H and O–H groups in total. The largest absolute Gasteiger partial charge is 0.481 e. The van der Waals surface area contributed by atoms with Gasteiger partial charge in [0.25, 0.3) is 5.91 Å². The second kappa shape index (κ2) is 10.1. The maximum Gasteiger partial charge on any atom is 0.303 e. The van der Waals surface area contributed by atoms with Crippen molar-refractivity contribution in [2.75, 3.05) is 18.2 Å². The first-order valence-electron chi connectivity index (χ1n) is 8.53. The second-order valence-corrected chi connectivity index (χ2v) is 7.01. The number of amides is 2. The summed E-state index contributed by atoms with van der Waals surface area (Å²) in [4.78, 5) is 37.0. The van der Waals surface area contributed by atoms with Gasteiger partial charge >= 0.3 is 5.97 Å². The Morgan fingerprint density at radius 3 is 2.56 bits per heavy atom. The molecule has 0 aliphatic carbocycles.